The summed E-state index contributed by atoms with van der Waals surface area (Å²) in [6, 6.07) is 0. The lowest BCUT2D eigenvalue weighted by molar-refractivity contribution is -0.103. The Balaban J connectivity index is 2.29. The second-order valence-corrected chi connectivity index (χ2v) is 3.10. The molecule has 0 aromatic heterocycles. The highest BCUT2D eigenvalue weighted by Crippen LogP contribution is 2.16. The standard InChI is InChI=1S/C8H15FO2/c1-6(2)11-8-3-4-10-5-7(8)9/h6-8H,3-5H2,1-2H3. The number of rotatable bonds is 2. The minimum absolute atomic E-state index is 0.108. The summed E-state index contributed by atoms with van der Waals surface area (Å²) in [5.74, 6) is 0. The van der Waals surface area contributed by atoms with Crippen molar-refractivity contribution in [2.45, 2.75) is 38.6 Å². The SMILES string of the molecule is CC(C)OC1CCOCC1F. The Morgan fingerprint density at radius 1 is 1.55 bits per heavy atom. The molecule has 0 aliphatic carbocycles. The summed E-state index contributed by atoms with van der Waals surface area (Å²) in [5.41, 5.74) is 0. The second kappa shape index (κ2) is 4.02. The largest absolute Gasteiger partial charge is 0.378 e. The maximum absolute atomic E-state index is 13.0. The predicted octanol–water partition coefficient (Wildman–Crippen LogP) is 1.54. The van der Waals surface area contributed by atoms with Gasteiger partial charge in [-0.2, -0.15) is 0 Å². The fourth-order valence-electron chi connectivity index (χ4n) is 1.19. The third kappa shape index (κ3) is 2.75. The molecule has 0 radical (unpaired) electrons. The molecule has 0 N–H and O–H groups in total. The zero-order valence-corrected chi connectivity index (χ0v) is 7.05. The second-order valence-electron chi connectivity index (χ2n) is 3.10. The number of hydrogen-bond acceptors (Lipinski definition) is 2. The highest BCUT2D eigenvalue weighted by Gasteiger charge is 2.26. The molecule has 3 heteroatoms. The highest BCUT2D eigenvalue weighted by atomic mass is 19.1. The third-order valence-electron chi connectivity index (χ3n) is 1.67. The number of halogens is 1. The van der Waals surface area contributed by atoms with Gasteiger partial charge >= 0.3 is 0 Å². The Hall–Kier alpha value is -0.150. The van der Waals surface area contributed by atoms with E-state index in [1.54, 1.807) is 0 Å². The molecule has 1 rings (SSSR count). The van der Waals surface area contributed by atoms with Gasteiger partial charge < -0.3 is 9.47 Å². The van der Waals surface area contributed by atoms with E-state index >= 15 is 0 Å². The van der Waals surface area contributed by atoms with Crippen molar-refractivity contribution in [1.29, 1.82) is 0 Å². The normalized spacial score (nSPS) is 32.7. The van der Waals surface area contributed by atoms with Crippen molar-refractivity contribution >= 4 is 0 Å². The van der Waals surface area contributed by atoms with Crippen LogP contribution in [-0.4, -0.2) is 31.6 Å². The molecule has 0 saturated carbocycles. The topological polar surface area (TPSA) is 18.5 Å². The fourth-order valence-corrected chi connectivity index (χ4v) is 1.19. The van der Waals surface area contributed by atoms with E-state index in [0.29, 0.717) is 13.0 Å². The molecule has 0 aromatic rings. The lowest BCUT2D eigenvalue weighted by atomic mass is 10.1. The molecule has 11 heavy (non-hydrogen) atoms. The Morgan fingerprint density at radius 2 is 2.27 bits per heavy atom. The van der Waals surface area contributed by atoms with E-state index in [1.807, 2.05) is 13.8 Å². The smallest absolute Gasteiger partial charge is 0.149 e. The van der Waals surface area contributed by atoms with Crippen LogP contribution in [0.5, 0.6) is 0 Å². The Morgan fingerprint density at radius 3 is 2.82 bits per heavy atom. The molecule has 2 atom stereocenters. The van der Waals surface area contributed by atoms with Crippen LogP contribution in [0.4, 0.5) is 4.39 Å². The quantitative estimate of drug-likeness (QED) is 0.613. The van der Waals surface area contributed by atoms with Crippen molar-refractivity contribution < 1.29 is 13.9 Å². The van der Waals surface area contributed by atoms with Crippen molar-refractivity contribution in [3.63, 3.8) is 0 Å². The summed E-state index contributed by atoms with van der Waals surface area (Å²) in [4.78, 5) is 0. The van der Waals surface area contributed by atoms with Crippen molar-refractivity contribution in [2.75, 3.05) is 13.2 Å². The molecule has 1 aliphatic rings. The van der Waals surface area contributed by atoms with Crippen LogP contribution >= 0.6 is 0 Å². The maximum atomic E-state index is 13.0. The summed E-state index contributed by atoms with van der Waals surface area (Å²) in [6.45, 7) is 4.65. The highest BCUT2D eigenvalue weighted by molar-refractivity contribution is 4.73. The van der Waals surface area contributed by atoms with Gasteiger partial charge in [0.1, 0.15) is 6.17 Å². The predicted molar refractivity (Wildman–Crippen MR) is 40.3 cm³/mol. The number of ether oxygens (including phenoxy) is 2. The lowest BCUT2D eigenvalue weighted by Gasteiger charge is -2.27. The summed E-state index contributed by atoms with van der Waals surface area (Å²) in [5, 5.41) is 0. The van der Waals surface area contributed by atoms with E-state index < -0.39 is 6.17 Å². The summed E-state index contributed by atoms with van der Waals surface area (Å²) in [7, 11) is 0. The van der Waals surface area contributed by atoms with Gasteiger partial charge in [0, 0.05) is 6.61 Å². The summed E-state index contributed by atoms with van der Waals surface area (Å²) < 4.78 is 23.2. The van der Waals surface area contributed by atoms with E-state index in [-0.39, 0.29) is 18.8 Å². The van der Waals surface area contributed by atoms with Crippen LogP contribution in [0.3, 0.4) is 0 Å². The molecule has 2 nitrogen and oxygen atoms in total. The molecule has 1 aliphatic heterocycles. The Bertz CT molecular complexity index is 117. The number of alkyl halides is 1. The average Bonchev–Trinajstić information content (AvgIpc) is 1.93. The van der Waals surface area contributed by atoms with Crippen LogP contribution in [-0.2, 0) is 9.47 Å². The monoisotopic (exact) mass is 162 g/mol. The van der Waals surface area contributed by atoms with Crippen molar-refractivity contribution in [2.24, 2.45) is 0 Å². The van der Waals surface area contributed by atoms with Crippen molar-refractivity contribution in [1.82, 2.24) is 0 Å². The van der Waals surface area contributed by atoms with Crippen LogP contribution in [0.1, 0.15) is 20.3 Å². The molecular formula is C8H15FO2. The maximum Gasteiger partial charge on any atom is 0.149 e. The van der Waals surface area contributed by atoms with Crippen molar-refractivity contribution in [3.8, 4) is 0 Å². The number of hydrogen-bond donors (Lipinski definition) is 0. The van der Waals surface area contributed by atoms with Crippen LogP contribution in [0, 0.1) is 0 Å². The van der Waals surface area contributed by atoms with Crippen LogP contribution in [0.25, 0.3) is 0 Å². The van der Waals surface area contributed by atoms with Gasteiger partial charge in [0.05, 0.1) is 18.8 Å². The summed E-state index contributed by atoms with van der Waals surface area (Å²) in [6.07, 6.45) is -0.398. The van der Waals surface area contributed by atoms with Gasteiger partial charge in [-0.3, -0.25) is 0 Å². The van der Waals surface area contributed by atoms with E-state index in [9.17, 15) is 4.39 Å². The average molecular weight is 162 g/mol. The van der Waals surface area contributed by atoms with Gasteiger partial charge in [0.25, 0.3) is 0 Å². The van der Waals surface area contributed by atoms with Crippen LogP contribution < -0.4 is 0 Å². The van der Waals surface area contributed by atoms with Crippen LogP contribution in [0.2, 0.25) is 0 Å². The first-order valence-electron chi connectivity index (χ1n) is 4.07. The van der Waals surface area contributed by atoms with Crippen LogP contribution in [0.15, 0.2) is 0 Å². The Labute approximate surface area is 66.7 Å². The molecule has 0 aromatic carbocycles. The molecule has 2 unspecified atom stereocenters. The lowest BCUT2D eigenvalue weighted by Crippen LogP contribution is -2.37. The minimum atomic E-state index is -0.939. The molecule has 0 spiro atoms. The minimum Gasteiger partial charge on any atom is -0.378 e. The zero-order valence-electron chi connectivity index (χ0n) is 7.05. The van der Waals surface area contributed by atoms with E-state index in [1.165, 1.54) is 0 Å². The van der Waals surface area contributed by atoms with Gasteiger partial charge in [0.15, 0.2) is 0 Å². The third-order valence-corrected chi connectivity index (χ3v) is 1.67. The van der Waals surface area contributed by atoms with E-state index in [0.717, 1.165) is 0 Å². The zero-order chi connectivity index (χ0) is 8.27. The first-order chi connectivity index (χ1) is 5.20. The molecule has 0 amide bonds. The van der Waals surface area contributed by atoms with Crippen molar-refractivity contribution in [3.05, 3.63) is 0 Å². The van der Waals surface area contributed by atoms with Gasteiger partial charge in [-0.15, -0.1) is 0 Å². The fraction of sp³-hybridized carbons (Fsp3) is 1.00. The molecule has 1 saturated heterocycles. The first kappa shape index (κ1) is 8.94. The van der Waals surface area contributed by atoms with Gasteiger partial charge in [-0.05, 0) is 20.3 Å². The van der Waals surface area contributed by atoms with Gasteiger partial charge in [0.2, 0.25) is 0 Å². The first-order valence-corrected chi connectivity index (χ1v) is 4.07. The molecular weight excluding hydrogens is 147 g/mol. The van der Waals surface area contributed by atoms with E-state index in [2.05, 4.69) is 0 Å². The molecule has 1 heterocycles. The molecule has 66 valence electrons. The Kier molecular flexibility index (Phi) is 3.27. The van der Waals surface area contributed by atoms with Gasteiger partial charge in [-0.1, -0.05) is 0 Å². The molecule has 1 fully saturated rings. The summed E-state index contributed by atoms with van der Waals surface area (Å²) >= 11 is 0. The molecule has 0 bridgehead atoms. The van der Waals surface area contributed by atoms with Gasteiger partial charge in [-0.25, -0.2) is 4.39 Å². The van der Waals surface area contributed by atoms with E-state index in [4.69, 9.17) is 9.47 Å².